The van der Waals surface area contributed by atoms with Gasteiger partial charge in [-0.05, 0) is 47.9 Å². The lowest BCUT2D eigenvalue weighted by Gasteiger charge is -2.04. The molecule has 1 N–H and O–H groups in total. The van der Waals surface area contributed by atoms with Gasteiger partial charge in [-0.3, -0.25) is 4.79 Å². The van der Waals surface area contributed by atoms with Gasteiger partial charge < -0.3 is 4.74 Å². The number of nitrogens with zero attached hydrogens (tertiary/aromatic N) is 1. The molecule has 0 saturated heterocycles. The molecule has 0 saturated carbocycles. The summed E-state index contributed by atoms with van der Waals surface area (Å²) in [5.41, 5.74) is 5.93. The Bertz CT molecular complexity index is 727. The van der Waals surface area contributed by atoms with Crippen molar-refractivity contribution in [1.82, 2.24) is 5.43 Å². The lowest BCUT2D eigenvalue weighted by atomic mass is 10.1. The fourth-order valence-corrected chi connectivity index (χ4v) is 2.94. The Morgan fingerprint density at radius 3 is 2.72 bits per heavy atom. The molecule has 0 bridgehead atoms. The molecule has 1 amide bonds. The van der Waals surface area contributed by atoms with E-state index in [4.69, 9.17) is 4.74 Å². The number of aryl methyl sites for hydroxylation is 1. The van der Waals surface area contributed by atoms with E-state index in [1.807, 2.05) is 36.4 Å². The third-order valence-corrected chi connectivity index (χ3v) is 4.38. The summed E-state index contributed by atoms with van der Waals surface area (Å²) < 4.78 is 5.41. The van der Waals surface area contributed by atoms with Crippen LogP contribution in [-0.2, 0) is 10.5 Å². The standard InChI is InChI=1S/C20H22N2O2S/c1-3-12-24-19-10-8-17(9-11-19)13-21-22-20(23)15-25-14-18-7-5-4-6-16(18)2/h3-11,13H,1,12,14-15H2,2H3,(H,22,23). The molecule has 0 aliphatic carbocycles. The molecule has 4 nitrogen and oxygen atoms in total. The third-order valence-electron chi connectivity index (χ3n) is 3.40. The molecular weight excluding hydrogens is 332 g/mol. The molecule has 5 heteroatoms. The second-order valence-corrected chi connectivity index (χ2v) is 6.37. The first kappa shape index (κ1) is 18.8. The molecule has 2 rings (SSSR count). The molecular formula is C20H22N2O2S. The first-order valence-corrected chi connectivity index (χ1v) is 9.12. The van der Waals surface area contributed by atoms with E-state index < -0.39 is 0 Å². The number of amides is 1. The van der Waals surface area contributed by atoms with Crippen LogP contribution in [-0.4, -0.2) is 24.5 Å². The maximum absolute atomic E-state index is 11.8. The smallest absolute Gasteiger partial charge is 0.250 e. The lowest BCUT2D eigenvalue weighted by molar-refractivity contribution is -0.118. The van der Waals surface area contributed by atoms with Crippen molar-refractivity contribution in [3.63, 3.8) is 0 Å². The van der Waals surface area contributed by atoms with E-state index in [1.54, 1.807) is 24.1 Å². The summed E-state index contributed by atoms with van der Waals surface area (Å²) in [5.74, 6) is 1.85. The number of benzene rings is 2. The predicted octanol–water partition coefficient (Wildman–Crippen LogP) is 3.94. The van der Waals surface area contributed by atoms with Gasteiger partial charge in [0.2, 0.25) is 5.91 Å². The number of thioether (sulfide) groups is 1. The normalized spacial score (nSPS) is 10.6. The van der Waals surface area contributed by atoms with Crippen LogP contribution in [0.5, 0.6) is 5.75 Å². The summed E-state index contributed by atoms with van der Waals surface area (Å²) in [5, 5.41) is 3.98. The number of carbonyl (C=O) groups excluding carboxylic acids is 1. The Morgan fingerprint density at radius 1 is 1.24 bits per heavy atom. The topological polar surface area (TPSA) is 50.7 Å². The zero-order chi connectivity index (χ0) is 17.9. The first-order valence-electron chi connectivity index (χ1n) is 7.97. The Morgan fingerprint density at radius 2 is 2.00 bits per heavy atom. The predicted molar refractivity (Wildman–Crippen MR) is 105 cm³/mol. The van der Waals surface area contributed by atoms with Crippen molar-refractivity contribution in [3.8, 4) is 5.75 Å². The van der Waals surface area contributed by atoms with Gasteiger partial charge in [0.25, 0.3) is 0 Å². The minimum atomic E-state index is -0.110. The Labute approximate surface area is 153 Å². The van der Waals surface area contributed by atoms with Crippen LogP contribution in [0.3, 0.4) is 0 Å². The second-order valence-electron chi connectivity index (χ2n) is 5.38. The monoisotopic (exact) mass is 354 g/mol. The van der Waals surface area contributed by atoms with Crippen LogP contribution in [0, 0.1) is 6.92 Å². The van der Waals surface area contributed by atoms with Crippen molar-refractivity contribution in [1.29, 1.82) is 0 Å². The van der Waals surface area contributed by atoms with E-state index in [2.05, 4.69) is 36.2 Å². The van der Waals surface area contributed by atoms with Gasteiger partial charge in [-0.15, -0.1) is 11.8 Å². The Balaban J connectivity index is 1.71. The highest BCUT2D eigenvalue weighted by atomic mass is 32.2. The van der Waals surface area contributed by atoms with Gasteiger partial charge in [-0.25, -0.2) is 5.43 Å². The second kappa shape index (κ2) is 10.4. The molecule has 2 aromatic rings. The quantitative estimate of drug-likeness (QED) is 0.421. The number of rotatable bonds is 9. The van der Waals surface area contributed by atoms with Crippen molar-refractivity contribution in [2.45, 2.75) is 12.7 Å². The molecule has 2 aromatic carbocycles. The van der Waals surface area contributed by atoms with Gasteiger partial charge in [-0.1, -0.05) is 36.9 Å². The first-order chi connectivity index (χ1) is 12.2. The van der Waals surface area contributed by atoms with Gasteiger partial charge in [0.05, 0.1) is 12.0 Å². The van der Waals surface area contributed by atoms with Crippen LogP contribution >= 0.6 is 11.8 Å². The van der Waals surface area contributed by atoms with Gasteiger partial charge in [0.15, 0.2) is 0 Å². The third kappa shape index (κ3) is 6.85. The summed E-state index contributed by atoms with van der Waals surface area (Å²) in [7, 11) is 0. The minimum Gasteiger partial charge on any atom is -0.490 e. The molecule has 0 atom stereocenters. The average Bonchev–Trinajstić information content (AvgIpc) is 2.63. The van der Waals surface area contributed by atoms with Gasteiger partial charge >= 0.3 is 0 Å². The summed E-state index contributed by atoms with van der Waals surface area (Å²) in [4.78, 5) is 11.8. The summed E-state index contributed by atoms with van der Waals surface area (Å²) in [6.07, 6.45) is 3.31. The number of nitrogens with one attached hydrogen (secondary N) is 1. The van der Waals surface area contributed by atoms with Crippen molar-refractivity contribution >= 4 is 23.9 Å². The minimum absolute atomic E-state index is 0.110. The van der Waals surface area contributed by atoms with Crippen molar-refractivity contribution in [3.05, 3.63) is 77.9 Å². The molecule has 0 radical (unpaired) electrons. The highest BCUT2D eigenvalue weighted by Gasteiger charge is 2.02. The van der Waals surface area contributed by atoms with E-state index >= 15 is 0 Å². The summed E-state index contributed by atoms with van der Waals surface area (Å²) >= 11 is 1.57. The van der Waals surface area contributed by atoms with E-state index in [0.717, 1.165) is 17.1 Å². The molecule has 0 unspecified atom stereocenters. The zero-order valence-electron chi connectivity index (χ0n) is 14.3. The van der Waals surface area contributed by atoms with Crippen LogP contribution in [0.2, 0.25) is 0 Å². The zero-order valence-corrected chi connectivity index (χ0v) is 15.1. The maximum atomic E-state index is 11.8. The van der Waals surface area contributed by atoms with E-state index in [-0.39, 0.29) is 5.91 Å². The fraction of sp³-hybridized carbons (Fsp3) is 0.200. The highest BCUT2D eigenvalue weighted by molar-refractivity contribution is 7.99. The van der Waals surface area contributed by atoms with Crippen LogP contribution in [0.25, 0.3) is 0 Å². The molecule has 25 heavy (non-hydrogen) atoms. The fourth-order valence-electron chi connectivity index (χ4n) is 2.04. The summed E-state index contributed by atoms with van der Waals surface area (Å²) in [6.45, 7) is 6.16. The SMILES string of the molecule is C=CCOc1ccc(C=NNC(=O)CSCc2ccccc2C)cc1. The molecule has 0 aliphatic heterocycles. The van der Waals surface area contributed by atoms with Crippen molar-refractivity contribution in [2.75, 3.05) is 12.4 Å². The molecule has 0 fully saturated rings. The molecule has 0 heterocycles. The van der Waals surface area contributed by atoms with Gasteiger partial charge in [0.1, 0.15) is 12.4 Å². The average molecular weight is 354 g/mol. The van der Waals surface area contributed by atoms with Crippen molar-refractivity contribution < 1.29 is 9.53 Å². The lowest BCUT2D eigenvalue weighted by Crippen LogP contribution is -2.19. The Hall–Kier alpha value is -2.53. The Kier molecular flexibility index (Phi) is 7.79. The summed E-state index contributed by atoms with van der Waals surface area (Å²) in [6, 6.07) is 15.6. The largest absolute Gasteiger partial charge is 0.490 e. The van der Waals surface area contributed by atoms with Gasteiger partial charge in [0, 0.05) is 5.75 Å². The molecule has 0 aromatic heterocycles. The maximum Gasteiger partial charge on any atom is 0.250 e. The molecule has 0 spiro atoms. The number of carbonyl (C=O) groups is 1. The molecule has 0 aliphatic rings. The number of hydrogen-bond donors (Lipinski definition) is 1. The number of hydrogen-bond acceptors (Lipinski definition) is 4. The van der Waals surface area contributed by atoms with E-state index in [1.165, 1.54) is 11.1 Å². The number of ether oxygens (including phenoxy) is 1. The number of hydrazone groups is 1. The van der Waals surface area contributed by atoms with E-state index in [0.29, 0.717) is 12.4 Å². The van der Waals surface area contributed by atoms with E-state index in [9.17, 15) is 4.79 Å². The highest BCUT2D eigenvalue weighted by Crippen LogP contribution is 2.15. The van der Waals surface area contributed by atoms with Gasteiger partial charge in [-0.2, -0.15) is 5.10 Å². The van der Waals surface area contributed by atoms with Crippen LogP contribution < -0.4 is 10.2 Å². The van der Waals surface area contributed by atoms with Crippen LogP contribution in [0.1, 0.15) is 16.7 Å². The van der Waals surface area contributed by atoms with Crippen LogP contribution in [0.15, 0.2) is 66.3 Å². The van der Waals surface area contributed by atoms with Crippen LogP contribution in [0.4, 0.5) is 0 Å². The van der Waals surface area contributed by atoms with Crippen molar-refractivity contribution in [2.24, 2.45) is 5.10 Å². The molecule has 130 valence electrons.